The van der Waals surface area contributed by atoms with Gasteiger partial charge in [-0.2, -0.15) is 13.2 Å². The van der Waals surface area contributed by atoms with E-state index in [1.165, 1.54) is 29.2 Å². The van der Waals surface area contributed by atoms with Crippen molar-refractivity contribution in [3.8, 4) is 5.69 Å². The summed E-state index contributed by atoms with van der Waals surface area (Å²) in [6, 6.07) is 3.55. The van der Waals surface area contributed by atoms with Crippen LogP contribution in [0.3, 0.4) is 0 Å². The van der Waals surface area contributed by atoms with Crippen LogP contribution in [-0.2, 0) is 6.18 Å². The maximum atomic E-state index is 12.5. The van der Waals surface area contributed by atoms with Crippen molar-refractivity contribution in [2.45, 2.75) is 6.18 Å². The van der Waals surface area contributed by atoms with Crippen molar-refractivity contribution in [1.29, 1.82) is 0 Å². The Kier molecular flexibility index (Phi) is 2.59. The van der Waals surface area contributed by atoms with E-state index in [0.29, 0.717) is 0 Å². The van der Waals surface area contributed by atoms with Gasteiger partial charge < -0.3 is 0 Å². The molecule has 0 unspecified atom stereocenters. The first kappa shape index (κ1) is 10.9. The Balaban J connectivity index is 2.52. The van der Waals surface area contributed by atoms with E-state index in [2.05, 4.69) is 10.3 Å². The fourth-order valence-electron chi connectivity index (χ4n) is 1.22. The van der Waals surface area contributed by atoms with Gasteiger partial charge in [0.15, 0.2) is 0 Å². The predicted octanol–water partition coefficient (Wildman–Crippen LogP) is 2.94. The van der Waals surface area contributed by atoms with Gasteiger partial charge in [0.25, 0.3) is 0 Å². The number of rotatable bonds is 1. The summed E-state index contributed by atoms with van der Waals surface area (Å²) in [5.74, 6) is 0. The van der Waals surface area contributed by atoms with Crippen molar-refractivity contribution in [3.05, 3.63) is 41.2 Å². The quantitative estimate of drug-likeness (QED) is 0.776. The fraction of sp³-hybridized carbons (Fsp3) is 0.111. The molecule has 2 rings (SSSR count). The highest BCUT2D eigenvalue weighted by Gasteiger charge is 2.33. The van der Waals surface area contributed by atoms with Crippen molar-refractivity contribution >= 4 is 11.6 Å². The van der Waals surface area contributed by atoms with Gasteiger partial charge in [-0.3, -0.25) is 0 Å². The molecule has 0 N–H and O–H groups in total. The van der Waals surface area contributed by atoms with Gasteiger partial charge in [0.05, 0.1) is 28.7 Å². The van der Waals surface area contributed by atoms with Crippen LogP contribution in [-0.4, -0.2) is 15.0 Å². The Morgan fingerprint density at radius 2 is 2.00 bits per heavy atom. The number of benzene rings is 1. The third-order valence-corrected chi connectivity index (χ3v) is 2.27. The van der Waals surface area contributed by atoms with Crippen LogP contribution in [0.25, 0.3) is 5.69 Å². The number of aromatic nitrogens is 3. The summed E-state index contributed by atoms with van der Waals surface area (Å²) in [6.07, 6.45) is -1.65. The monoisotopic (exact) mass is 247 g/mol. The minimum absolute atomic E-state index is 0.259. The van der Waals surface area contributed by atoms with Gasteiger partial charge >= 0.3 is 6.18 Å². The lowest BCUT2D eigenvalue weighted by molar-refractivity contribution is -0.137. The molecule has 0 saturated heterocycles. The first-order valence-electron chi connectivity index (χ1n) is 4.22. The van der Waals surface area contributed by atoms with E-state index in [-0.39, 0.29) is 10.7 Å². The molecule has 16 heavy (non-hydrogen) atoms. The van der Waals surface area contributed by atoms with Crippen LogP contribution in [0.5, 0.6) is 0 Å². The number of halogens is 4. The Morgan fingerprint density at radius 1 is 1.25 bits per heavy atom. The molecule has 1 heterocycles. The molecule has 0 atom stereocenters. The molecule has 0 amide bonds. The van der Waals surface area contributed by atoms with Gasteiger partial charge in [0, 0.05) is 0 Å². The number of hydrogen-bond acceptors (Lipinski definition) is 2. The SMILES string of the molecule is FC(F)(F)c1cc(-n2ccnn2)ccc1Cl. The number of hydrogen-bond donors (Lipinski definition) is 0. The van der Waals surface area contributed by atoms with E-state index in [9.17, 15) is 13.2 Å². The van der Waals surface area contributed by atoms with Crippen molar-refractivity contribution in [1.82, 2.24) is 15.0 Å². The summed E-state index contributed by atoms with van der Waals surface area (Å²) < 4.78 is 38.8. The molecule has 84 valence electrons. The van der Waals surface area contributed by atoms with E-state index >= 15 is 0 Å². The van der Waals surface area contributed by atoms with Crippen molar-refractivity contribution < 1.29 is 13.2 Å². The third-order valence-electron chi connectivity index (χ3n) is 1.94. The highest BCUT2D eigenvalue weighted by molar-refractivity contribution is 6.31. The molecule has 0 aliphatic rings. The minimum Gasteiger partial charge on any atom is -0.221 e. The van der Waals surface area contributed by atoms with Crippen LogP contribution in [0.1, 0.15) is 5.56 Å². The largest absolute Gasteiger partial charge is 0.417 e. The summed E-state index contributed by atoms with van der Waals surface area (Å²) in [7, 11) is 0. The first-order chi connectivity index (χ1) is 7.48. The lowest BCUT2D eigenvalue weighted by Crippen LogP contribution is -2.07. The second-order valence-corrected chi connectivity index (χ2v) is 3.42. The van der Waals surface area contributed by atoms with Crippen molar-refractivity contribution in [2.24, 2.45) is 0 Å². The first-order valence-corrected chi connectivity index (χ1v) is 4.60. The van der Waals surface area contributed by atoms with Crippen molar-refractivity contribution in [3.63, 3.8) is 0 Å². The average molecular weight is 248 g/mol. The average Bonchev–Trinajstić information content (AvgIpc) is 2.69. The van der Waals surface area contributed by atoms with Crippen LogP contribution < -0.4 is 0 Å². The second kappa shape index (κ2) is 3.79. The maximum Gasteiger partial charge on any atom is 0.417 e. The van der Waals surface area contributed by atoms with E-state index < -0.39 is 11.7 Å². The van der Waals surface area contributed by atoms with Crippen LogP contribution in [0.4, 0.5) is 13.2 Å². The third kappa shape index (κ3) is 2.01. The fourth-order valence-corrected chi connectivity index (χ4v) is 1.44. The lowest BCUT2D eigenvalue weighted by atomic mass is 10.2. The maximum absolute atomic E-state index is 12.5. The molecule has 1 aromatic carbocycles. The normalized spacial score (nSPS) is 11.8. The highest BCUT2D eigenvalue weighted by Crippen LogP contribution is 2.35. The molecule has 0 spiro atoms. The Morgan fingerprint density at radius 3 is 2.56 bits per heavy atom. The summed E-state index contributed by atoms with van der Waals surface area (Å²) >= 11 is 5.48. The molecule has 0 aliphatic heterocycles. The molecular formula is C9H5ClF3N3. The molecule has 2 aromatic rings. The standard InChI is InChI=1S/C9H5ClF3N3/c10-8-2-1-6(16-4-3-14-15-16)5-7(8)9(11,12)13/h1-5H. The van der Waals surface area contributed by atoms with E-state index in [4.69, 9.17) is 11.6 Å². The summed E-state index contributed by atoms with van der Waals surface area (Å²) in [6.45, 7) is 0. The van der Waals surface area contributed by atoms with Crippen LogP contribution in [0.2, 0.25) is 5.02 Å². The van der Waals surface area contributed by atoms with Gasteiger partial charge in [-0.05, 0) is 18.2 Å². The molecule has 0 saturated carbocycles. The molecular weight excluding hydrogens is 243 g/mol. The van der Waals surface area contributed by atoms with Crippen molar-refractivity contribution in [2.75, 3.05) is 0 Å². The smallest absolute Gasteiger partial charge is 0.221 e. The summed E-state index contributed by atoms with van der Waals surface area (Å²) in [4.78, 5) is 0. The molecule has 3 nitrogen and oxygen atoms in total. The Hall–Kier alpha value is -1.56. The molecule has 0 bridgehead atoms. The van der Waals surface area contributed by atoms with Gasteiger partial charge in [0.1, 0.15) is 0 Å². The van der Waals surface area contributed by atoms with E-state index in [1.54, 1.807) is 0 Å². The second-order valence-electron chi connectivity index (χ2n) is 3.01. The zero-order valence-corrected chi connectivity index (χ0v) is 8.50. The highest BCUT2D eigenvalue weighted by atomic mass is 35.5. The zero-order valence-electron chi connectivity index (χ0n) is 7.74. The Labute approximate surface area is 93.4 Å². The zero-order chi connectivity index (χ0) is 11.8. The number of alkyl halides is 3. The predicted molar refractivity (Wildman–Crippen MR) is 51.4 cm³/mol. The van der Waals surface area contributed by atoms with Gasteiger partial charge in [0.2, 0.25) is 0 Å². The topological polar surface area (TPSA) is 30.7 Å². The van der Waals surface area contributed by atoms with Crippen LogP contribution in [0.15, 0.2) is 30.6 Å². The van der Waals surface area contributed by atoms with E-state index in [1.807, 2.05) is 0 Å². The molecule has 1 aromatic heterocycles. The molecule has 0 aliphatic carbocycles. The molecule has 0 fully saturated rings. The van der Waals surface area contributed by atoms with E-state index in [0.717, 1.165) is 6.07 Å². The molecule has 0 radical (unpaired) electrons. The van der Waals surface area contributed by atoms with Crippen LogP contribution in [0, 0.1) is 0 Å². The Bertz CT molecular complexity index is 493. The van der Waals surface area contributed by atoms with Gasteiger partial charge in [-0.1, -0.05) is 16.8 Å². The van der Waals surface area contributed by atoms with Crippen LogP contribution >= 0.6 is 11.6 Å². The number of nitrogens with zero attached hydrogens (tertiary/aromatic N) is 3. The lowest BCUT2D eigenvalue weighted by Gasteiger charge is -2.10. The summed E-state index contributed by atoms with van der Waals surface area (Å²) in [5.41, 5.74) is -0.628. The molecule has 7 heteroatoms. The van der Waals surface area contributed by atoms with Gasteiger partial charge in [-0.25, -0.2) is 4.68 Å². The summed E-state index contributed by atoms with van der Waals surface area (Å²) in [5, 5.41) is 6.77. The van der Waals surface area contributed by atoms with Gasteiger partial charge in [-0.15, -0.1) is 5.10 Å². The minimum atomic E-state index is -4.48.